The molecule has 0 aliphatic carbocycles. The number of anilines is 1. The van der Waals surface area contributed by atoms with E-state index in [0.29, 0.717) is 27.8 Å². The van der Waals surface area contributed by atoms with Gasteiger partial charge in [0, 0.05) is 11.3 Å². The molecule has 0 saturated heterocycles. The summed E-state index contributed by atoms with van der Waals surface area (Å²) < 4.78 is 14.9. The minimum atomic E-state index is -0.407. The number of carbonyl (C=O) groups is 2. The van der Waals surface area contributed by atoms with Crippen LogP contribution in [-0.2, 0) is 0 Å². The molecule has 3 aromatic rings. The summed E-state index contributed by atoms with van der Waals surface area (Å²) in [6.45, 7) is 1.44. The van der Waals surface area contributed by atoms with E-state index in [9.17, 15) is 14.0 Å². The highest BCUT2D eigenvalue weighted by Gasteiger charge is 2.19. The van der Waals surface area contributed by atoms with Gasteiger partial charge >= 0.3 is 0 Å². The van der Waals surface area contributed by atoms with Gasteiger partial charge in [0.05, 0.1) is 11.9 Å². The van der Waals surface area contributed by atoms with Gasteiger partial charge in [-0.3, -0.25) is 14.2 Å². The second kappa shape index (κ2) is 7.53. The molecule has 0 aliphatic heterocycles. The van der Waals surface area contributed by atoms with Gasteiger partial charge in [0.1, 0.15) is 11.5 Å². The summed E-state index contributed by atoms with van der Waals surface area (Å²) in [6, 6.07) is 12.6. The molecule has 7 heteroatoms. The zero-order chi connectivity index (χ0) is 18.7. The normalized spacial score (nSPS) is 10.6. The Kier molecular flexibility index (Phi) is 5.18. The van der Waals surface area contributed by atoms with Crippen molar-refractivity contribution in [2.45, 2.75) is 12.1 Å². The second-order valence-corrected chi connectivity index (χ2v) is 6.27. The number of nitrogens with zero attached hydrogens (tertiary/aromatic N) is 2. The molecule has 0 unspecified atom stereocenters. The number of para-hydroxylation sites is 1. The predicted molar refractivity (Wildman–Crippen MR) is 99.7 cm³/mol. The third kappa shape index (κ3) is 3.52. The molecular weight excluding hydrogens is 353 g/mol. The minimum Gasteiger partial charge on any atom is -0.320 e. The molecule has 1 aromatic heterocycles. The highest BCUT2D eigenvalue weighted by atomic mass is 32.2. The number of imidazole rings is 1. The van der Waals surface area contributed by atoms with Gasteiger partial charge in [-0.15, -0.1) is 0 Å². The Bertz CT molecular complexity index is 967. The number of aromatic nitrogens is 2. The van der Waals surface area contributed by atoms with Crippen LogP contribution < -0.4 is 5.32 Å². The van der Waals surface area contributed by atoms with Crippen LogP contribution in [0.1, 0.15) is 27.8 Å². The average Bonchev–Trinajstić information content (AvgIpc) is 3.07. The lowest BCUT2D eigenvalue weighted by molar-refractivity contribution is 0.101. The first kappa shape index (κ1) is 17.9. The second-order valence-electron chi connectivity index (χ2n) is 5.50. The van der Waals surface area contributed by atoms with Crippen LogP contribution in [0.4, 0.5) is 10.1 Å². The first-order chi connectivity index (χ1) is 12.5. The summed E-state index contributed by atoms with van der Waals surface area (Å²) in [5.74, 6) is -0.908. The van der Waals surface area contributed by atoms with Crippen LogP contribution in [0, 0.1) is 5.82 Å². The number of benzene rings is 2. The van der Waals surface area contributed by atoms with Crippen molar-refractivity contribution >= 4 is 29.1 Å². The molecule has 0 bridgehead atoms. The van der Waals surface area contributed by atoms with Gasteiger partial charge in [0.15, 0.2) is 10.9 Å². The quantitative estimate of drug-likeness (QED) is 0.541. The van der Waals surface area contributed by atoms with E-state index in [2.05, 4.69) is 10.3 Å². The summed E-state index contributed by atoms with van der Waals surface area (Å²) in [6.07, 6.45) is 3.30. The van der Waals surface area contributed by atoms with Crippen molar-refractivity contribution in [2.24, 2.45) is 0 Å². The van der Waals surface area contributed by atoms with E-state index in [1.807, 2.05) is 6.26 Å². The fourth-order valence-corrected chi connectivity index (χ4v) is 3.11. The average molecular weight is 369 g/mol. The summed E-state index contributed by atoms with van der Waals surface area (Å²) in [4.78, 5) is 28.8. The Morgan fingerprint density at radius 1 is 1.12 bits per heavy atom. The number of Topliss-reactive ketones (excluding diaryl/α,β-unsaturated/α-hetero) is 1. The van der Waals surface area contributed by atoms with E-state index in [-0.39, 0.29) is 11.6 Å². The van der Waals surface area contributed by atoms with Crippen LogP contribution in [-0.4, -0.2) is 27.5 Å². The highest BCUT2D eigenvalue weighted by molar-refractivity contribution is 7.98. The molecule has 5 nitrogen and oxygen atoms in total. The molecule has 1 amide bonds. The number of hydrogen-bond acceptors (Lipinski definition) is 4. The van der Waals surface area contributed by atoms with Gasteiger partial charge in [-0.2, -0.15) is 0 Å². The monoisotopic (exact) mass is 369 g/mol. The summed E-state index contributed by atoms with van der Waals surface area (Å²) >= 11 is 1.37. The molecule has 0 radical (unpaired) electrons. The topological polar surface area (TPSA) is 64.0 Å². The SMILES string of the molecule is CSc1ncc(C(=O)Nc2ccccc2C(C)=O)n1-c1ccc(F)cc1. The molecule has 26 heavy (non-hydrogen) atoms. The maximum absolute atomic E-state index is 13.2. The van der Waals surface area contributed by atoms with Crippen molar-refractivity contribution < 1.29 is 14.0 Å². The zero-order valence-corrected chi connectivity index (χ0v) is 15.0. The lowest BCUT2D eigenvalue weighted by Crippen LogP contribution is -2.18. The van der Waals surface area contributed by atoms with Gasteiger partial charge in [-0.25, -0.2) is 9.37 Å². The van der Waals surface area contributed by atoms with E-state index in [1.54, 1.807) is 41.0 Å². The Morgan fingerprint density at radius 2 is 1.81 bits per heavy atom. The maximum atomic E-state index is 13.2. The van der Waals surface area contributed by atoms with Crippen LogP contribution in [0.15, 0.2) is 59.9 Å². The molecule has 3 rings (SSSR count). The number of amides is 1. The van der Waals surface area contributed by atoms with Gasteiger partial charge in [0.2, 0.25) is 0 Å². The molecule has 0 spiro atoms. The maximum Gasteiger partial charge on any atom is 0.274 e. The summed E-state index contributed by atoms with van der Waals surface area (Å²) in [5.41, 5.74) is 1.78. The van der Waals surface area contributed by atoms with Crippen molar-refractivity contribution in [2.75, 3.05) is 11.6 Å². The van der Waals surface area contributed by atoms with Crippen molar-refractivity contribution in [1.82, 2.24) is 9.55 Å². The molecule has 0 fully saturated rings. The smallest absolute Gasteiger partial charge is 0.274 e. The zero-order valence-electron chi connectivity index (χ0n) is 14.2. The van der Waals surface area contributed by atoms with E-state index >= 15 is 0 Å². The molecular formula is C19H16FN3O2S. The lowest BCUT2D eigenvalue weighted by Gasteiger charge is -2.12. The van der Waals surface area contributed by atoms with Crippen LogP contribution in [0.25, 0.3) is 5.69 Å². The number of ketones is 1. The molecule has 0 saturated carbocycles. The van der Waals surface area contributed by atoms with Crippen LogP contribution in [0.5, 0.6) is 0 Å². The third-order valence-electron chi connectivity index (χ3n) is 3.78. The number of rotatable bonds is 5. The number of carbonyl (C=O) groups excluding carboxylic acids is 2. The molecule has 1 N–H and O–H groups in total. The minimum absolute atomic E-state index is 0.141. The Hall–Kier alpha value is -2.93. The molecule has 132 valence electrons. The third-order valence-corrected chi connectivity index (χ3v) is 4.44. The van der Waals surface area contributed by atoms with Gasteiger partial charge in [0.25, 0.3) is 5.91 Å². The van der Waals surface area contributed by atoms with Crippen molar-refractivity contribution in [3.05, 3.63) is 71.8 Å². The molecule has 1 heterocycles. The predicted octanol–water partition coefficient (Wildman–Crippen LogP) is 4.19. The van der Waals surface area contributed by atoms with Crippen LogP contribution in [0.2, 0.25) is 0 Å². The first-order valence-electron chi connectivity index (χ1n) is 7.80. The molecule has 0 atom stereocenters. The first-order valence-corrected chi connectivity index (χ1v) is 9.02. The van der Waals surface area contributed by atoms with E-state index in [1.165, 1.54) is 37.0 Å². The van der Waals surface area contributed by atoms with Gasteiger partial charge in [-0.1, -0.05) is 23.9 Å². The van der Waals surface area contributed by atoms with Crippen molar-refractivity contribution in [1.29, 1.82) is 0 Å². The van der Waals surface area contributed by atoms with Crippen molar-refractivity contribution in [3.63, 3.8) is 0 Å². The largest absolute Gasteiger partial charge is 0.320 e. The lowest BCUT2D eigenvalue weighted by atomic mass is 10.1. The van der Waals surface area contributed by atoms with Gasteiger partial charge < -0.3 is 5.32 Å². The van der Waals surface area contributed by atoms with Crippen LogP contribution in [0.3, 0.4) is 0 Å². The van der Waals surface area contributed by atoms with E-state index in [4.69, 9.17) is 0 Å². The van der Waals surface area contributed by atoms with Crippen LogP contribution >= 0.6 is 11.8 Å². The standard InChI is InChI=1S/C19H16FN3O2S/c1-12(24)15-5-3-4-6-16(15)22-18(25)17-11-21-19(26-2)23(17)14-9-7-13(20)8-10-14/h3-11H,1-2H3,(H,22,25). The van der Waals surface area contributed by atoms with E-state index in [0.717, 1.165) is 0 Å². The van der Waals surface area contributed by atoms with Gasteiger partial charge in [-0.05, 0) is 49.6 Å². The number of hydrogen-bond donors (Lipinski definition) is 1. The number of thioether (sulfide) groups is 1. The molecule has 0 aliphatic rings. The Labute approximate surface area is 154 Å². The van der Waals surface area contributed by atoms with Crippen molar-refractivity contribution in [3.8, 4) is 5.69 Å². The molecule has 2 aromatic carbocycles. The fraction of sp³-hybridized carbons (Fsp3) is 0.105. The highest BCUT2D eigenvalue weighted by Crippen LogP contribution is 2.23. The Morgan fingerprint density at radius 3 is 2.46 bits per heavy atom. The van der Waals surface area contributed by atoms with E-state index < -0.39 is 5.91 Å². The summed E-state index contributed by atoms with van der Waals surface area (Å²) in [7, 11) is 0. The fourth-order valence-electron chi connectivity index (χ4n) is 2.56. The summed E-state index contributed by atoms with van der Waals surface area (Å²) in [5, 5.41) is 3.36. The number of halogens is 1. The number of nitrogens with one attached hydrogen (secondary N) is 1. The Balaban J connectivity index is 2.00.